The molecule has 1 atom stereocenters. The molecule has 1 aliphatic heterocycles. The van der Waals surface area contributed by atoms with Crippen LogP contribution in [0, 0.1) is 5.92 Å². The number of nitrogens with zero attached hydrogens (tertiary/aromatic N) is 1. The summed E-state index contributed by atoms with van der Waals surface area (Å²) < 4.78 is 0. The molecule has 3 rings (SSSR count). The normalized spacial score (nSPS) is 22.3. The maximum absolute atomic E-state index is 12.8. The van der Waals surface area contributed by atoms with Crippen molar-refractivity contribution in [1.82, 2.24) is 0 Å². The fourth-order valence-electron chi connectivity index (χ4n) is 3.05. The van der Waals surface area contributed by atoms with Crippen molar-refractivity contribution < 1.29 is 4.79 Å². The molecular formula is C16H22N2O. The minimum absolute atomic E-state index is 0.101. The fraction of sp³-hybridized carbons (Fsp3) is 0.562. The lowest BCUT2D eigenvalue weighted by Gasteiger charge is -2.32. The van der Waals surface area contributed by atoms with E-state index in [2.05, 4.69) is 18.2 Å². The molecule has 1 aromatic rings. The predicted molar refractivity (Wildman–Crippen MR) is 77.0 cm³/mol. The van der Waals surface area contributed by atoms with Gasteiger partial charge in [0.25, 0.3) is 0 Å². The Bertz CT molecular complexity index is 491. The van der Waals surface area contributed by atoms with Crippen LogP contribution in [0.1, 0.15) is 38.2 Å². The molecule has 2 N–H and O–H groups in total. The number of nitrogens with two attached hydrogens (primary N) is 1. The van der Waals surface area contributed by atoms with E-state index in [0.29, 0.717) is 5.92 Å². The number of carbonyl (C=O) groups excluding carboxylic acids is 1. The van der Waals surface area contributed by atoms with Gasteiger partial charge in [-0.2, -0.15) is 0 Å². The molecule has 1 aromatic carbocycles. The number of anilines is 1. The zero-order valence-electron chi connectivity index (χ0n) is 11.6. The molecule has 1 fully saturated rings. The van der Waals surface area contributed by atoms with Crippen LogP contribution < -0.4 is 10.6 Å². The van der Waals surface area contributed by atoms with E-state index in [1.165, 1.54) is 5.56 Å². The molecule has 19 heavy (non-hydrogen) atoms. The summed E-state index contributed by atoms with van der Waals surface area (Å²) in [6.07, 6.45) is 5.44. The average Bonchev–Trinajstić information content (AvgIpc) is 3.24. The van der Waals surface area contributed by atoms with Crippen molar-refractivity contribution in [2.45, 2.75) is 44.6 Å². The van der Waals surface area contributed by atoms with E-state index in [-0.39, 0.29) is 5.91 Å². The summed E-state index contributed by atoms with van der Waals surface area (Å²) in [7, 11) is 0. The molecule has 102 valence electrons. The highest BCUT2D eigenvalue weighted by Crippen LogP contribution is 2.40. The Morgan fingerprint density at radius 2 is 2.05 bits per heavy atom. The van der Waals surface area contributed by atoms with Crippen LogP contribution >= 0.6 is 0 Å². The number of hydrogen-bond acceptors (Lipinski definition) is 2. The van der Waals surface area contributed by atoms with E-state index in [1.807, 2.05) is 17.9 Å². The second-order valence-electron chi connectivity index (χ2n) is 6.10. The lowest BCUT2D eigenvalue weighted by molar-refractivity contribution is -0.123. The first-order valence-electron chi connectivity index (χ1n) is 7.29. The highest BCUT2D eigenvalue weighted by atomic mass is 16.2. The molecule has 3 nitrogen and oxygen atoms in total. The minimum Gasteiger partial charge on any atom is -0.317 e. The number of hydrogen-bond donors (Lipinski definition) is 1. The Morgan fingerprint density at radius 3 is 2.79 bits per heavy atom. The van der Waals surface area contributed by atoms with Crippen LogP contribution in [0.5, 0.6) is 0 Å². The van der Waals surface area contributed by atoms with Crippen molar-refractivity contribution in [3.63, 3.8) is 0 Å². The fourth-order valence-corrected chi connectivity index (χ4v) is 3.05. The Hall–Kier alpha value is -1.35. The van der Waals surface area contributed by atoms with Crippen LogP contribution in [0.4, 0.5) is 5.69 Å². The monoisotopic (exact) mass is 258 g/mol. The summed E-state index contributed by atoms with van der Waals surface area (Å²) in [6, 6.07) is 8.25. The topological polar surface area (TPSA) is 46.3 Å². The van der Waals surface area contributed by atoms with E-state index < -0.39 is 5.54 Å². The number of benzene rings is 1. The van der Waals surface area contributed by atoms with Crippen molar-refractivity contribution >= 4 is 11.6 Å². The van der Waals surface area contributed by atoms with Crippen molar-refractivity contribution in [3.8, 4) is 0 Å². The molecule has 1 saturated carbocycles. The van der Waals surface area contributed by atoms with Crippen LogP contribution in [0.15, 0.2) is 24.3 Å². The molecule has 3 heteroatoms. The lowest BCUT2D eigenvalue weighted by Crippen LogP contribution is -2.55. The summed E-state index contributed by atoms with van der Waals surface area (Å²) >= 11 is 0. The maximum Gasteiger partial charge on any atom is 0.247 e. The van der Waals surface area contributed by atoms with E-state index in [4.69, 9.17) is 5.73 Å². The van der Waals surface area contributed by atoms with Gasteiger partial charge in [0.15, 0.2) is 0 Å². The molecule has 2 aliphatic rings. The van der Waals surface area contributed by atoms with E-state index >= 15 is 0 Å². The molecule has 1 amide bonds. The summed E-state index contributed by atoms with van der Waals surface area (Å²) in [5.41, 5.74) is 7.97. The molecule has 1 heterocycles. The third kappa shape index (κ3) is 2.27. The van der Waals surface area contributed by atoms with Crippen molar-refractivity contribution in [2.75, 3.05) is 11.4 Å². The third-order valence-corrected chi connectivity index (χ3v) is 4.49. The zero-order chi connectivity index (χ0) is 13.5. The van der Waals surface area contributed by atoms with Gasteiger partial charge < -0.3 is 10.6 Å². The van der Waals surface area contributed by atoms with Gasteiger partial charge in [0.2, 0.25) is 5.91 Å². The SMILES string of the molecule is CC(N)(C(=O)N1CCCCc2ccccc21)C1CC1. The number of carbonyl (C=O) groups is 1. The summed E-state index contributed by atoms with van der Waals surface area (Å²) in [5, 5.41) is 0. The minimum atomic E-state index is -0.697. The molecule has 0 saturated heterocycles. The van der Waals surface area contributed by atoms with Crippen LogP contribution in [-0.4, -0.2) is 18.0 Å². The van der Waals surface area contributed by atoms with Gasteiger partial charge in [0.1, 0.15) is 0 Å². The summed E-state index contributed by atoms with van der Waals surface area (Å²) in [6.45, 7) is 2.70. The van der Waals surface area contributed by atoms with Crippen LogP contribution in [-0.2, 0) is 11.2 Å². The zero-order valence-corrected chi connectivity index (χ0v) is 11.6. The standard InChI is InChI=1S/C16H22N2O/c1-16(17,13-9-10-13)15(19)18-11-5-4-7-12-6-2-3-8-14(12)18/h2-3,6,8,13H,4-5,7,9-11,17H2,1H3. The number of amides is 1. The van der Waals surface area contributed by atoms with E-state index in [0.717, 1.165) is 44.3 Å². The van der Waals surface area contributed by atoms with Gasteiger partial charge in [-0.1, -0.05) is 18.2 Å². The number of fused-ring (bicyclic) bond motifs is 1. The summed E-state index contributed by atoms with van der Waals surface area (Å²) in [5.74, 6) is 0.472. The average molecular weight is 258 g/mol. The van der Waals surface area contributed by atoms with Crippen molar-refractivity contribution in [3.05, 3.63) is 29.8 Å². The third-order valence-electron chi connectivity index (χ3n) is 4.49. The Kier molecular flexibility index (Phi) is 3.09. The van der Waals surface area contributed by atoms with Gasteiger partial charge in [0.05, 0.1) is 5.54 Å². The predicted octanol–water partition coefficient (Wildman–Crippen LogP) is 2.48. The molecule has 1 aliphatic carbocycles. The lowest BCUT2D eigenvalue weighted by atomic mass is 9.94. The molecule has 0 spiro atoms. The Balaban J connectivity index is 1.93. The highest BCUT2D eigenvalue weighted by molar-refractivity contribution is 6.01. The Labute approximate surface area is 114 Å². The molecule has 0 bridgehead atoms. The van der Waals surface area contributed by atoms with E-state index in [9.17, 15) is 4.79 Å². The van der Waals surface area contributed by atoms with Gasteiger partial charge in [-0.3, -0.25) is 4.79 Å². The number of rotatable bonds is 2. The van der Waals surface area contributed by atoms with Crippen LogP contribution in [0.3, 0.4) is 0 Å². The van der Waals surface area contributed by atoms with Crippen LogP contribution in [0.25, 0.3) is 0 Å². The molecule has 0 radical (unpaired) electrons. The molecule has 1 unspecified atom stereocenters. The van der Waals surface area contributed by atoms with Gasteiger partial charge in [-0.25, -0.2) is 0 Å². The quantitative estimate of drug-likeness (QED) is 0.886. The maximum atomic E-state index is 12.8. The van der Waals surface area contributed by atoms with Crippen LogP contribution in [0.2, 0.25) is 0 Å². The largest absolute Gasteiger partial charge is 0.317 e. The summed E-state index contributed by atoms with van der Waals surface area (Å²) in [4.78, 5) is 14.7. The number of aryl methyl sites for hydroxylation is 1. The first kappa shape index (κ1) is 12.7. The van der Waals surface area contributed by atoms with Crippen molar-refractivity contribution in [1.29, 1.82) is 0 Å². The van der Waals surface area contributed by atoms with Gasteiger partial charge >= 0.3 is 0 Å². The first-order chi connectivity index (χ1) is 9.10. The first-order valence-corrected chi connectivity index (χ1v) is 7.29. The molecular weight excluding hydrogens is 236 g/mol. The van der Waals surface area contributed by atoms with E-state index in [1.54, 1.807) is 0 Å². The van der Waals surface area contributed by atoms with Crippen molar-refractivity contribution in [2.24, 2.45) is 11.7 Å². The second-order valence-corrected chi connectivity index (χ2v) is 6.10. The van der Waals surface area contributed by atoms with Gasteiger partial charge in [0, 0.05) is 12.2 Å². The van der Waals surface area contributed by atoms with Gasteiger partial charge in [-0.05, 0) is 56.6 Å². The molecule has 0 aromatic heterocycles. The van der Waals surface area contributed by atoms with Gasteiger partial charge in [-0.15, -0.1) is 0 Å². The second kappa shape index (κ2) is 4.64. The highest BCUT2D eigenvalue weighted by Gasteiger charge is 2.46. The Morgan fingerprint density at radius 1 is 1.32 bits per heavy atom. The smallest absolute Gasteiger partial charge is 0.247 e. The number of para-hydroxylation sites is 1.